The van der Waals surface area contributed by atoms with Crippen molar-refractivity contribution in [3.63, 3.8) is 0 Å². The predicted molar refractivity (Wildman–Crippen MR) is 134 cm³/mol. The lowest BCUT2D eigenvalue weighted by atomic mass is 10.0. The van der Waals surface area contributed by atoms with Crippen LogP contribution < -0.4 is 5.32 Å². The molecule has 0 saturated carbocycles. The van der Waals surface area contributed by atoms with Crippen LogP contribution in [0.15, 0.2) is 72.1 Å². The second-order valence-corrected chi connectivity index (χ2v) is 8.51. The molecule has 1 N–H and O–H groups in total. The first kappa shape index (κ1) is 26.4. The highest BCUT2D eigenvalue weighted by molar-refractivity contribution is 5.91. The van der Waals surface area contributed by atoms with Gasteiger partial charge in [0, 0.05) is 35.6 Å². The van der Waals surface area contributed by atoms with E-state index >= 15 is 0 Å². The quantitative estimate of drug-likeness (QED) is 0.223. The fraction of sp³-hybridized carbons (Fsp3) is 0.148. The summed E-state index contributed by atoms with van der Waals surface area (Å²) in [7, 11) is 0. The summed E-state index contributed by atoms with van der Waals surface area (Å²) in [6.45, 7) is -0.703. The number of nitrogens with one attached hydrogen (secondary N) is 1. The summed E-state index contributed by atoms with van der Waals surface area (Å²) >= 11 is 0. The second-order valence-electron chi connectivity index (χ2n) is 8.51. The minimum Gasteiger partial charge on any atom is -0.454 e. The molecule has 3 heterocycles. The van der Waals surface area contributed by atoms with Crippen LogP contribution in [-0.4, -0.2) is 44.0 Å². The topological polar surface area (TPSA) is 101 Å². The molecule has 0 fully saturated rings. The summed E-state index contributed by atoms with van der Waals surface area (Å²) in [6.07, 6.45) is -0.151. The zero-order valence-corrected chi connectivity index (χ0v) is 20.4. The van der Waals surface area contributed by atoms with Crippen LogP contribution in [0.2, 0.25) is 0 Å². The lowest BCUT2D eigenvalue weighted by Crippen LogP contribution is -2.31. The zero-order valence-electron chi connectivity index (χ0n) is 20.4. The molecule has 2 aromatic carbocycles. The number of hydrogen-bond acceptors (Lipinski definition) is 6. The number of imidazole rings is 1. The average Bonchev–Trinajstić information content (AvgIpc) is 3.59. The number of fused-ring (bicyclic) bond motifs is 1. The molecule has 4 aromatic rings. The molecule has 2 aromatic heterocycles. The molecular weight excluding hydrogens is 532 g/mol. The number of ether oxygens (including phenoxy) is 1. The Morgan fingerprint density at radius 1 is 1.10 bits per heavy atom. The Labute approximate surface area is 224 Å². The number of amides is 2. The van der Waals surface area contributed by atoms with Crippen molar-refractivity contribution < 1.29 is 31.9 Å². The van der Waals surface area contributed by atoms with Crippen LogP contribution in [0, 0.1) is 17.7 Å². The van der Waals surface area contributed by atoms with Crippen LogP contribution >= 0.6 is 0 Å². The molecule has 9 nitrogen and oxygen atoms in total. The van der Waals surface area contributed by atoms with Crippen molar-refractivity contribution in [3.8, 4) is 11.8 Å². The summed E-state index contributed by atoms with van der Waals surface area (Å²) in [6, 6.07) is 12.3. The molecule has 0 bridgehead atoms. The number of hydrazone groups is 1. The number of carbonyl (C=O) groups excluding carboxylic acids is 2. The minimum absolute atomic E-state index is 0.174. The van der Waals surface area contributed by atoms with E-state index in [-0.39, 0.29) is 16.8 Å². The van der Waals surface area contributed by atoms with Gasteiger partial charge in [0.1, 0.15) is 18.1 Å². The molecule has 1 unspecified atom stereocenters. The summed E-state index contributed by atoms with van der Waals surface area (Å²) in [5, 5.41) is 12.2. The highest BCUT2D eigenvalue weighted by Crippen LogP contribution is 2.29. The minimum atomic E-state index is -5.15. The van der Waals surface area contributed by atoms with Gasteiger partial charge in [0.15, 0.2) is 5.65 Å². The standard InChI is InChI=1S/C27H18F4N6O3/c28-20-7-3-17(4-8-20)23-11-13-34-37(23)26(39)35-21-9-5-19(16-40-25(38)27(29,30)31)18(14-21)6-10-22-15-32-24-2-1-12-33-36(22)24/h1-5,7-9,12-15,23H,11,16H2,(H,35,39). The molecule has 13 heteroatoms. The van der Waals surface area contributed by atoms with E-state index in [0.717, 1.165) is 0 Å². The Balaban J connectivity index is 1.41. The molecule has 40 heavy (non-hydrogen) atoms. The van der Waals surface area contributed by atoms with Gasteiger partial charge in [-0.2, -0.15) is 23.4 Å². The van der Waals surface area contributed by atoms with Crippen molar-refractivity contribution in [2.24, 2.45) is 5.10 Å². The number of urea groups is 1. The van der Waals surface area contributed by atoms with Crippen LogP contribution in [0.1, 0.15) is 34.8 Å². The highest BCUT2D eigenvalue weighted by atomic mass is 19.4. The number of aromatic nitrogens is 3. The number of anilines is 1. The number of alkyl halides is 3. The molecule has 0 radical (unpaired) electrons. The van der Waals surface area contributed by atoms with Crippen molar-refractivity contribution >= 4 is 29.5 Å². The van der Waals surface area contributed by atoms with Crippen molar-refractivity contribution in [2.75, 3.05) is 5.32 Å². The molecule has 0 aliphatic carbocycles. The van der Waals surface area contributed by atoms with Crippen LogP contribution in [0.3, 0.4) is 0 Å². The maximum atomic E-state index is 13.3. The lowest BCUT2D eigenvalue weighted by Gasteiger charge is -2.22. The molecule has 5 rings (SSSR count). The maximum Gasteiger partial charge on any atom is 0.490 e. The van der Waals surface area contributed by atoms with Crippen LogP contribution in [-0.2, 0) is 16.1 Å². The van der Waals surface area contributed by atoms with Crippen molar-refractivity contribution in [3.05, 3.63) is 95.2 Å². The fourth-order valence-corrected chi connectivity index (χ4v) is 3.92. The van der Waals surface area contributed by atoms with E-state index in [4.69, 9.17) is 0 Å². The Morgan fingerprint density at radius 3 is 2.67 bits per heavy atom. The summed E-state index contributed by atoms with van der Waals surface area (Å²) in [5.41, 5.74) is 2.25. The van der Waals surface area contributed by atoms with Gasteiger partial charge < -0.3 is 10.1 Å². The summed E-state index contributed by atoms with van der Waals surface area (Å²) in [5.74, 6) is 2.95. The molecule has 1 atom stereocenters. The first-order valence-electron chi connectivity index (χ1n) is 11.7. The number of hydrogen-bond donors (Lipinski definition) is 1. The van der Waals surface area contributed by atoms with Crippen LogP contribution in [0.5, 0.6) is 0 Å². The van der Waals surface area contributed by atoms with Gasteiger partial charge in [-0.05, 0) is 47.9 Å². The van der Waals surface area contributed by atoms with E-state index in [2.05, 4.69) is 37.1 Å². The largest absolute Gasteiger partial charge is 0.490 e. The maximum absolute atomic E-state index is 13.3. The lowest BCUT2D eigenvalue weighted by molar-refractivity contribution is -0.201. The zero-order chi connectivity index (χ0) is 28.3. The Bertz CT molecular complexity index is 1670. The van der Waals surface area contributed by atoms with Gasteiger partial charge in [-0.25, -0.2) is 28.5 Å². The SMILES string of the molecule is O=C(Nc1ccc(COC(=O)C(F)(F)F)c(C#Cc2cnc3cccnn23)c1)N1N=CCC1c1ccc(F)cc1. The fourth-order valence-electron chi connectivity index (χ4n) is 3.92. The first-order chi connectivity index (χ1) is 19.2. The second kappa shape index (κ2) is 10.9. The monoisotopic (exact) mass is 550 g/mol. The number of carbonyl (C=O) groups is 2. The van der Waals surface area contributed by atoms with Gasteiger partial charge in [-0.3, -0.25) is 0 Å². The van der Waals surface area contributed by atoms with Gasteiger partial charge >= 0.3 is 18.2 Å². The van der Waals surface area contributed by atoms with E-state index in [9.17, 15) is 27.2 Å². The molecule has 202 valence electrons. The average molecular weight is 550 g/mol. The van der Waals surface area contributed by atoms with Crippen molar-refractivity contribution in [1.82, 2.24) is 19.6 Å². The van der Waals surface area contributed by atoms with Gasteiger partial charge in [0.05, 0.1) is 12.2 Å². The van der Waals surface area contributed by atoms with E-state index in [1.165, 1.54) is 52.2 Å². The van der Waals surface area contributed by atoms with Gasteiger partial charge in [0.2, 0.25) is 0 Å². The first-order valence-corrected chi connectivity index (χ1v) is 11.7. The normalized spacial score (nSPS) is 14.6. The number of rotatable bonds is 4. The van der Waals surface area contributed by atoms with E-state index < -0.39 is 36.6 Å². The van der Waals surface area contributed by atoms with Crippen molar-refractivity contribution in [2.45, 2.75) is 25.2 Å². The van der Waals surface area contributed by atoms with E-state index in [0.29, 0.717) is 23.3 Å². The van der Waals surface area contributed by atoms with Gasteiger partial charge in [-0.15, -0.1) is 0 Å². The highest BCUT2D eigenvalue weighted by Gasteiger charge is 2.41. The summed E-state index contributed by atoms with van der Waals surface area (Å²) < 4.78 is 57.2. The Kier molecular flexibility index (Phi) is 7.15. The van der Waals surface area contributed by atoms with Gasteiger partial charge in [0.25, 0.3) is 0 Å². The third-order valence-corrected chi connectivity index (χ3v) is 5.85. The molecule has 1 aliphatic rings. The molecule has 0 spiro atoms. The molecule has 0 saturated heterocycles. The number of benzene rings is 2. The smallest absolute Gasteiger partial charge is 0.454 e. The third-order valence-electron chi connectivity index (χ3n) is 5.85. The van der Waals surface area contributed by atoms with E-state index in [1.807, 2.05) is 0 Å². The number of halogens is 4. The van der Waals surface area contributed by atoms with E-state index in [1.54, 1.807) is 30.5 Å². The summed E-state index contributed by atoms with van der Waals surface area (Å²) in [4.78, 5) is 28.5. The third kappa shape index (κ3) is 5.75. The number of nitrogens with zero attached hydrogens (tertiary/aromatic N) is 5. The predicted octanol–water partition coefficient (Wildman–Crippen LogP) is 4.84. The van der Waals surface area contributed by atoms with Crippen LogP contribution in [0.4, 0.5) is 28.0 Å². The number of esters is 1. The van der Waals surface area contributed by atoms with Gasteiger partial charge in [-0.1, -0.05) is 24.1 Å². The van der Waals surface area contributed by atoms with Crippen molar-refractivity contribution in [1.29, 1.82) is 0 Å². The Hall–Kier alpha value is -5.25. The Morgan fingerprint density at radius 2 is 1.90 bits per heavy atom. The molecular formula is C27H18F4N6O3. The molecule has 1 aliphatic heterocycles. The molecule has 2 amide bonds. The van der Waals surface area contributed by atoms with Crippen LogP contribution in [0.25, 0.3) is 5.65 Å².